The highest BCUT2D eigenvalue weighted by Crippen LogP contribution is 2.35. The molecule has 0 N–H and O–H groups in total. The van der Waals surface area contributed by atoms with Crippen molar-refractivity contribution >= 4 is 28.3 Å². The topological polar surface area (TPSA) is 93.8 Å². The molecule has 6 rings (SSSR count). The molecule has 0 saturated carbocycles. The molecule has 41 heavy (non-hydrogen) atoms. The first kappa shape index (κ1) is 27.1. The number of amides is 1. The van der Waals surface area contributed by atoms with E-state index in [0.717, 1.165) is 43.0 Å². The van der Waals surface area contributed by atoms with Crippen molar-refractivity contribution in [3.8, 4) is 12.1 Å². The normalized spacial score (nSPS) is 21.1. The Morgan fingerprint density at radius 1 is 1.15 bits per heavy atom. The van der Waals surface area contributed by atoms with Gasteiger partial charge in [-0.2, -0.15) is 15.2 Å². The summed E-state index contributed by atoms with van der Waals surface area (Å²) in [5.41, 5.74) is 4.52. The molecule has 10 nitrogen and oxygen atoms in total. The van der Waals surface area contributed by atoms with E-state index in [2.05, 4.69) is 76.5 Å². The number of likely N-dealkylation sites (N-methyl/N-ethyl adjacent to an activating group) is 1. The second kappa shape index (κ2) is 11.4. The number of benzene rings is 1. The number of carbonyl (C=O) groups is 1. The van der Waals surface area contributed by atoms with Gasteiger partial charge in [-0.1, -0.05) is 18.7 Å². The molecule has 2 aromatic heterocycles. The van der Waals surface area contributed by atoms with Crippen LogP contribution in [0.5, 0.6) is 6.01 Å². The Labute approximate surface area is 241 Å². The Morgan fingerprint density at radius 3 is 2.80 bits per heavy atom. The zero-order valence-corrected chi connectivity index (χ0v) is 24.0. The summed E-state index contributed by atoms with van der Waals surface area (Å²) in [6.07, 6.45) is 6.78. The minimum Gasteiger partial charge on any atom is -0.462 e. The number of nitrogens with zero attached hydrogens (tertiary/aromatic N) is 8. The Hall–Kier alpha value is -4.10. The fraction of sp³-hybridized carbons (Fsp3) is 0.484. The van der Waals surface area contributed by atoms with Crippen LogP contribution >= 0.6 is 0 Å². The smallest absolute Gasteiger partial charge is 0.318 e. The second-order valence-electron chi connectivity index (χ2n) is 11.4. The summed E-state index contributed by atoms with van der Waals surface area (Å²) in [5.74, 6) is 0.736. The van der Waals surface area contributed by atoms with Gasteiger partial charge in [-0.25, -0.2) is 0 Å². The van der Waals surface area contributed by atoms with Crippen molar-refractivity contribution in [2.45, 2.75) is 44.3 Å². The van der Waals surface area contributed by atoms with Gasteiger partial charge in [-0.05, 0) is 51.1 Å². The highest BCUT2D eigenvalue weighted by molar-refractivity contribution is 5.92. The van der Waals surface area contributed by atoms with Crippen LogP contribution in [-0.2, 0) is 24.8 Å². The molecule has 3 aliphatic heterocycles. The Bertz CT molecular complexity index is 1490. The third kappa shape index (κ3) is 5.22. The van der Waals surface area contributed by atoms with Crippen molar-refractivity contribution in [1.82, 2.24) is 24.3 Å². The molecule has 1 amide bonds. The maximum absolute atomic E-state index is 12.5. The third-order valence-corrected chi connectivity index (χ3v) is 8.88. The molecule has 2 saturated heterocycles. The largest absolute Gasteiger partial charge is 0.462 e. The van der Waals surface area contributed by atoms with Gasteiger partial charge < -0.3 is 28.9 Å². The van der Waals surface area contributed by atoms with Gasteiger partial charge in [0.15, 0.2) is 0 Å². The Kier molecular flexibility index (Phi) is 7.54. The van der Waals surface area contributed by atoms with Crippen LogP contribution in [0.15, 0.2) is 43.1 Å². The van der Waals surface area contributed by atoms with Crippen molar-refractivity contribution in [2.75, 3.05) is 56.2 Å². The number of hydrogen-bond acceptors (Lipinski definition) is 8. The van der Waals surface area contributed by atoms with Crippen LogP contribution in [0.4, 0.5) is 11.5 Å². The molecular formula is C31H38N8O2. The number of nitriles is 1. The van der Waals surface area contributed by atoms with Gasteiger partial charge in [0.2, 0.25) is 5.91 Å². The number of anilines is 2. The predicted molar refractivity (Wildman–Crippen MR) is 159 cm³/mol. The monoisotopic (exact) mass is 554 g/mol. The fourth-order valence-electron chi connectivity index (χ4n) is 6.61. The number of piperazine rings is 1. The molecule has 2 fully saturated rings. The summed E-state index contributed by atoms with van der Waals surface area (Å²) in [7, 11) is 4.23. The van der Waals surface area contributed by atoms with Gasteiger partial charge in [-0.15, -0.1) is 0 Å². The zero-order valence-electron chi connectivity index (χ0n) is 24.0. The molecule has 0 bridgehead atoms. The minimum absolute atomic E-state index is 0.134. The number of hydrogen-bond donors (Lipinski definition) is 0. The summed E-state index contributed by atoms with van der Waals surface area (Å²) >= 11 is 0. The van der Waals surface area contributed by atoms with Crippen molar-refractivity contribution < 1.29 is 9.53 Å². The molecule has 2 atom stereocenters. The minimum atomic E-state index is -0.226. The number of carbonyl (C=O) groups excluding carboxylic acids is 1. The molecular weight excluding hydrogens is 516 g/mol. The van der Waals surface area contributed by atoms with Crippen molar-refractivity contribution in [3.63, 3.8) is 0 Å². The van der Waals surface area contributed by atoms with Crippen LogP contribution < -0.4 is 14.5 Å². The number of likely N-dealkylation sites (tertiary alicyclic amines) is 1. The van der Waals surface area contributed by atoms with E-state index in [1.54, 1.807) is 4.90 Å². The van der Waals surface area contributed by atoms with Crippen LogP contribution in [0.2, 0.25) is 0 Å². The van der Waals surface area contributed by atoms with Crippen LogP contribution in [0.3, 0.4) is 0 Å². The number of rotatable bonds is 7. The molecule has 214 valence electrons. The Balaban J connectivity index is 1.33. The first-order chi connectivity index (χ1) is 20.0. The molecule has 10 heteroatoms. The number of para-hydroxylation sites is 1. The quantitative estimate of drug-likeness (QED) is 0.412. The molecule has 0 radical (unpaired) electrons. The van der Waals surface area contributed by atoms with E-state index >= 15 is 0 Å². The summed E-state index contributed by atoms with van der Waals surface area (Å²) in [6, 6.07) is 11.4. The summed E-state index contributed by atoms with van der Waals surface area (Å²) in [5, 5.41) is 10.7. The molecule has 0 spiro atoms. The molecule has 3 aromatic rings. The van der Waals surface area contributed by atoms with Crippen LogP contribution in [0.1, 0.15) is 30.5 Å². The van der Waals surface area contributed by atoms with Gasteiger partial charge in [0.1, 0.15) is 12.4 Å². The van der Waals surface area contributed by atoms with Crippen LogP contribution in [0, 0.1) is 11.3 Å². The standard InChI is InChI=1S/C31H38N8O2/c1-4-28(40)39-18-17-38(19-23(39)10-13-32)30-25-12-16-37(27-9-5-7-22-11-15-36(3)29(22)27)20-26(25)33-31(34-30)41-21-24-8-6-14-35(24)2/h4-5,7,9,11,15,23-24H,1,6,8,10,12,14,16-21H2,2-3H3. The highest BCUT2D eigenvalue weighted by Gasteiger charge is 2.33. The van der Waals surface area contributed by atoms with Gasteiger partial charge in [0, 0.05) is 56.4 Å². The van der Waals surface area contributed by atoms with E-state index in [-0.39, 0.29) is 18.4 Å². The third-order valence-electron chi connectivity index (χ3n) is 8.88. The van der Waals surface area contributed by atoms with E-state index in [1.807, 2.05) is 0 Å². The number of fused-ring (bicyclic) bond motifs is 2. The summed E-state index contributed by atoms with van der Waals surface area (Å²) in [6.45, 7) is 8.47. The average Bonchev–Trinajstić information content (AvgIpc) is 3.59. The van der Waals surface area contributed by atoms with E-state index in [1.165, 1.54) is 29.1 Å². The molecule has 1 aromatic carbocycles. The van der Waals surface area contributed by atoms with Gasteiger partial charge in [-0.3, -0.25) is 4.79 Å². The lowest BCUT2D eigenvalue weighted by molar-refractivity contribution is -0.128. The molecule has 3 aliphatic rings. The zero-order chi connectivity index (χ0) is 28.5. The average molecular weight is 555 g/mol. The van der Waals surface area contributed by atoms with Crippen molar-refractivity contribution in [2.24, 2.45) is 7.05 Å². The maximum atomic E-state index is 12.5. The van der Waals surface area contributed by atoms with E-state index in [0.29, 0.717) is 44.8 Å². The van der Waals surface area contributed by atoms with Gasteiger partial charge in [0.05, 0.1) is 42.0 Å². The summed E-state index contributed by atoms with van der Waals surface area (Å²) < 4.78 is 8.46. The second-order valence-corrected chi connectivity index (χ2v) is 11.4. The van der Waals surface area contributed by atoms with Crippen molar-refractivity contribution in [1.29, 1.82) is 5.26 Å². The van der Waals surface area contributed by atoms with Gasteiger partial charge in [0.25, 0.3) is 0 Å². The maximum Gasteiger partial charge on any atom is 0.318 e. The first-order valence-electron chi connectivity index (χ1n) is 14.5. The first-order valence-corrected chi connectivity index (χ1v) is 14.5. The molecule has 2 unspecified atom stereocenters. The number of ether oxygens (including phenoxy) is 1. The lowest BCUT2D eigenvalue weighted by atomic mass is 10.0. The SMILES string of the molecule is C=CC(=O)N1CCN(c2nc(OCC3CCCN3C)nc3c2CCN(c2cccc4ccn(C)c24)C3)CC1CC#N. The highest BCUT2D eigenvalue weighted by atomic mass is 16.5. The molecule has 5 heterocycles. The van der Waals surface area contributed by atoms with Crippen molar-refractivity contribution in [3.05, 3.63) is 54.4 Å². The lowest BCUT2D eigenvalue weighted by Gasteiger charge is -2.42. The Morgan fingerprint density at radius 2 is 2.02 bits per heavy atom. The van der Waals surface area contributed by atoms with Crippen LogP contribution in [-0.4, -0.2) is 88.7 Å². The number of aryl methyl sites for hydroxylation is 1. The van der Waals surface area contributed by atoms with Gasteiger partial charge >= 0.3 is 6.01 Å². The van der Waals surface area contributed by atoms with E-state index in [9.17, 15) is 10.1 Å². The fourth-order valence-corrected chi connectivity index (χ4v) is 6.61. The van der Waals surface area contributed by atoms with Crippen LogP contribution in [0.25, 0.3) is 10.9 Å². The lowest BCUT2D eigenvalue weighted by Crippen LogP contribution is -2.55. The van der Waals surface area contributed by atoms with E-state index in [4.69, 9.17) is 14.7 Å². The number of aromatic nitrogens is 3. The summed E-state index contributed by atoms with van der Waals surface area (Å²) in [4.78, 5) is 31.2. The van der Waals surface area contributed by atoms with E-state index < -0.39 is 0 Å². The predicted octanol–water partition coefficient (Wildman–Crippen LogP) is 3.12. The molecule has 0 aliphatic carbocycles.